The van der Waals surface area contributed by atoms with Gasteiger partial charge in [0, 0.05) is 11.6 Å². The second-order valence-corrected chi connectivity index (χ2v) is 5.32. The zero-order valence-electron chi connectivity index (χ0n) is 11.4. The lowest BCUT2D eigenvalue weighted by molar-refractivity contribution is -0.152. The van der Waals surface area contributed by atoms with E-state index in [1.165, 1.54) is 0 Å². The van der Waals surface area contributed by atoms with Crippen molar-refractivity contribution in [2.45, 2.75) is 26.4 Å². The minimum Gasteiger partial charge on any atom is -0.459 e. The van der Waals surface area contributed by atoms with Gasteiger partial charge in [0.1, 0.15) is 12.1 Å². The van der Waals surface area contributed by atoms with Crippen LogP contribution in [0.2, 0.25) is 0 Å². The quantitative estimate of drug-likeness (QED) is 0.860. The molecule has 19 heavy (non-hydrogen) atoms. The van der Waals surface area contributed by atoms with Crippen molar-refractivity contribution in [3.63, 3.8) is 0 Å². The molecule has 4 heteroatoms. The van der Waals surface area contributed by atoms with E-state index in [1.54, 1.807) is 6.20 Å². The molecule has 0 aliphatic heterocycles. The van der Waals surface area contributed by atoms with Gasteiger partial charge in [0.15, 0.2) is 0 Å². The summed E-state index contributed by atoms with van der Waals surface area (Å²) in [5, 5.41) is 4.11. The molecular formula is C15H18N2O2. The first-order valence-electron chi connectivity index (χ1n) is 6.25. The Balaban J connectivity index is 2.08. The highest BCUT2D eigenvalue weighted by Crippen LogP contribution is 2.20. The van der Waals surface area contributed by atoms with E-state index in [0.717, 1.165) is 16.6 Å². The van der Waals surface area contributed by atoms with Gasteiger partial charge in [-0.25, -0.2) is 0 Å². The van der Waals surface area contributed by atoms with Gasteiger partial charge in [-0.05, 0) is 32.9 Å². The fourth-order valence-electron chi connectivity index (χ4n) is 1.79. The standard InChI is InChI=1S/C15H18N2O2/c1-15(2,3)19-13(18)10-17-12-8-4-6-11-7-5-9-16-14(11)12/h4-9,17H,10H2,1-3H3. The summed E-state index contributed by atoms with van der Waals surface area (Å²) in [5.74, 6) is -0.277. The number of para-hydroxylation sites is 1. The molecule has 0 fully saturated rings. The van der Waals surface area contributed by atoms with Gasteiger partial charge in [-0.15, -0.1) is 0 Å². The Morgan fingerprint density at radius 3 is 2.74 bits per heavy atom. The normalized spacial score (nSPS) is 11.3. The number of carbonyl (C=O) groups is 1. The maximum absolute atomic E-state index is 11.7. The van der Waals surface area contributed by atoms with Crippen molar-refractivity contribution in [3.05, 3.63) is 36.5 Å². The molecule has 1 aromatic heterocycles. The third-order valence-corrected chi connectivity index (χ3v) is 2.48. The van der Waals surface area contributed by atoms with Crippen LogP contribution < -0.4 is 5.32 Å². The van der Waals surface area contributed by atoms with E-state index < -0.39 is 5.60 Å². The highest BCUT2D eigenvalue weighted by molar-refractivity contribution is 5.91. The Bertz CT molecular complexity index is 583. The molecule has 1 heterocycles. The smallest absolute Gasteiger partial charge is 0.325 e. The Labute approximate surface area is 112 Å². The molecule has 2 aromatic rings. The minimum atomic E-state index is -0.463. The number of hydrogen-bond acceptors (Lipinski definition) is 4. The number of aromatic nitrogens is 1. The van der Waals surface area contributed by atoms with Crippen LogP contribution in [0.15, 0.2) is 36.5 Å². The molecule has 0 radical (unpaired) electrons. The highest BCUT2D eigenvalue weighted by atomic mass is 16.6. The van der Waals surface area contributed by atoms with Gasteiger partial charge < -0.3 is 10.1 Å². The zero-order chi connectivity index (χ0) is 13.9. The molecule has 0 bridgehead atoms. The van der Waals surface area contributed by atoms with Crippen LogP contribution in [0.5, 0.6) is 0 Å². The van der Waals surface area contributed by atoms with Crippen molar-refractivity contribution in [1.82, 2.24) is 4.98 Å². The average molecular weight is 258 g/mol. The summed E-state index contributed by atoms with van der Waals surface area (Å²) in [4.78, 5) is 16.0. The number of fused-ring (bicyclic) bond motifs is 1. The maximum atomic E-state index is 11.7. The van der Waals surface area contributed by atoms with Crippen LogP contribution in [0.25, 0.3) is 10.9 Å². The summed E-state index contributed by atoms with van der Waals surface area (Å²) < 4.78 is 5.25. The molecule has 1 N–H and O–H groups in total. The van der Waals surface area contributed by atoms with Crippen LogP contribution >= 0.6 is 0 Å². The molecule has 100 valence electrons. The van der Waals surface area contributed by atoms with Crippen LogP contribution in [0, 0.1) is 0 Å². The number of rotatable bonds is 3. The fraction of sp³-hybridized carbons (Fsp3) is 0.333. The van der Waals surface area contributed by atoms with Crippen molar-refractivity contribution in [2.75, 3.05) is 11.9 Å². The van der Waals surface area contributed by atoms with Gasteiger partial charge in [0.25, 0.3) is 0 Å². The Morgan fingerprint density at radius 2 is 2.00 bits per heavy atom. The molecule has 0 spiro atoms. The summed E-state index contributed by atoms with van der Waals surface area (Å²) in [6, 6.07) is 9.70. The van der Waals surface area contributed by atoms with Gasteiger partial charge >= 0.3 is 5.97 Å². The first kappa shape index (κ1) is 13.3. The van der Waals surface area contributed by atoms with E-state index in [4.69, 9.17) is 4.74 Å². The largest absolute Gasteiger partial charge is 0.459 e. The number of ether oxygens (including phenoxy) is 1. The maximum Gasteiger partial charge on any atom is 0.325 e. The molecule has 1 aromatic carbocycles. The van der Waals surface area contributed by atoms with Crippen LogP contribution in [0.3, 0.4) is 0 Å². The summed E-state index contributed by atoms with van der Waals surface area (Å²) in [6.45, 7) is 5.69. The number of nitrogens with one attached hydrogen (secondary N) is 1. The number of hydrogen-bond donors (Lipinski definition) is 1. The van der Waals surface area contributed by atoms with E-state index in [1.807, 2.05) is 51.1 Å². The van der Waals surface area contributed by atoms with E-state index in [9.17, 15) is 4.79 Å². The molecule has 0 saturated carbocycles. The predicted molar refractivity (Wildman–Crippen MR) is 76.1 cm³/mol. The van der Waals surface area contributed by atoms with Crippen LogP contribution in [0.4, 0.5) is 5.69 Å². The highest BCUT2D eigenvalue weighted by Gasteiger charge is 2.16. The number of nitrogens with zero attached hydrogens (tertiary/aromatic N) is 1. The number of benzene rings is 1. The molecule has 0 unspecified atom stereocenters. The molecule has 0 aliphatic carbocycles. The average Bonchev–Trinajstić information content (AvgIpc) is 2.34. The zero-order valence-corrected chi connectivity index (χ0v) is 11.4. The van der Waals surface area contributed by atoms with E-state index in [-0.39, 0.29) is 12.5 Å². The Hall–Kier alpha value is -2.10. The van der Waals surface area contributed by atoms with Crippen molar-refractivity contribution in [1.29, 1.82) is 0 Å². The molecule has 0 aliphatic rings. The SMILES string of the molecule is CC(C)(C)OC(=O)CNc1cccc2cccnc12. The number of carbonyl (C=O) groups excluding carboxylic acids is 1. The Morgan fingerprint density at radius 1 is 1.26 bits per heavy atom. The molecule has 4 nitrogen and oxygen atoms in total. The van der Waals surface area contributed by atoms with E-state index in [0.29, 0.717) is 0 Å². The Kier molecular flexibility index (Phi) is 3.69. The van der Waals surface area contributed by atoms with Gasteiger partial charge in [0.2, 0.25) is 0 Å². The summed E-state index contributed by atoms with van der Waals surface area (Å²) in [6.07, 6.45) is 1.74. The number of anilines is 1. The predicted octanol–water partition coefficient (Wildman–Crippen LogP) is 2.99. The fourth-order valence-corrected chi connectivity index (χ4v) is 1.79. The minimum absolute atomic E-state index is 0.132. The van der Waals surface area contributed by atoms with E-state index >= 15 is 0 Å². The van der Waals surface area contributed by atoms with Crippen LogP contribution in [-0.4, -0.2) is 23.1 Å². The van der Waals surface area contributed by atoms with Crippen molar-refractivity contribution >= 4 is 22.6 Å². The lowest BCUT2D eigenvalue weighted by Gasteiger charge is -2.19. The van der Waals surface area contributed by atoms with Crippen LogP contribution in [-0.2, 0) is 9.53 Å². The monoisotopic (exact) mass is 258 g/mol. The van der Waals surface area contributed by atoms with Crippen molar-refractivity contribution in [2.24, 2.45) is 0 Å². The third kappa shape index (κ3) is 3.68. The lowest BCUT2D eigenvalue weighted by Crippen LogP contribution is -2.28. The summed E-state index contributed by atoms with van der Waals surface area (Å²) >= 11 is 0. The second-order valence-electron chi connectivity index (χ2n) is 5.32. The van der Waals surface area contributed by atoms with Gasteiger partial charge in [0.05, 0.1) is 11.2 Å². The van der Waals surface area contributed by atoms with E-state index in [2.05, 4.69) is 10.3 Å². The molecule has 0 atom stereocenters. The van der Waals surface area contributed by atoms with Crippen LogP contribution in [0.1, 0.15) is 20.8 Å². The first-order valence-corrected chi connectivity index (χ1v) is 6.25. The molecule has 0 amide bonds. The molecule has 0 saturated heterocycles. The summed E-state index contributed by atoms with van der Waals surface area (Å²) in [5.41, 5.74) is 1.23. The molecular weight excluding hydrogens is 240 g/mol. The van der Waals surface area contributed by atoms with Gasteiger partial charge in [-0.3, -0.25) is 9.78 Å². The topological polar surface area (TPSA) is 51.2 Å². The number of pyridine rings is 1. The van der Waals surface area contributed by atoms with Gasteiger partial charge in [-0.1, -0.05) is 18.2 Å². The van der Waals surface area contributed by atoms with Crippen molar-refractivity contribution in [3.8, 4) is 0 Å². The van der Waals surface area contributed by atoms with Gasteiger partial charge in [-0.2, -0.15) is 0 Å². The molecule has 2 rings (SSSR count). The number of esters is 1. The lowest BCUT2D eigenvalue weighted by atomic mass is 10.2. The third-order valence-electron chi connectivity index (χ3n) is 2.48. The second kappa shape index (κ2) is 5.26. The summed E-state index contributed by atoms with van der Waals surface area (Å²) in [7, 11) is 0. The van der Waals surface area contributed by atoms with Crippen molar-refractivity contribution < 1.29 is 9.53 Å². The first-order chi connectivity index (χ1) is 8.96.